The first kappa shape index (κ1) is 14.3. The van der Waals surface area contributed by atoms with Gasteiger partial charge in [0.1, 0.15) is 0 Å². The van der Waals surface area contributed by atoms with E-state index in [9.17, 15) is 0 Å². The standard InChI is InChI=1S/C15H18N4S/c1-11-5-3-6-12(2)14(11)10-18-19-15(16)17-9-13-7-4-8-20-13/h3-8,10H,9H2,1-2H3,(H3,16,17,19). The summed E-state index contributed by atoms with van der Waals surface area (Å²) in [4.78, 5) is 5.40. The second kappa shape index (κ2) is 6.86. The minimum Gasteiger partial charge on any atom is -0.369 e. The molecule has 1 heterocycles. The Labute approximate surface area is 123 Å². The normalized spacial score (nSPS) is 12.0. The second-order valence-electron chi connectivity index (χ2n) is 4.46. The van der Waals surface area contributed by atoms with E-state index in [-0.39, 0.29) is 0 Å². The lowest BCUT2D eigenvalue weighted by Gasteiger charge is -2.04. The second-order valence-corrected chi connectivity index (χ2v) is 5.49. The van der Waals surface area contributed by atoms with E-state index in [1.165, 1.54) is 16.0 Å². The van der Waals surface area contributed by atoms with Gasteiger partial charge in [0.05, 0.1) is 12.8 Å². The van der Waals surface area contributed by atoms with Crippen LogP contribution in [0.4, 0.5) is 0 Å². The maximum absolute atomic E-state index is 5.76. The van der Waals surface area contributed by atoms with E-state index < -0.39 is 0 Å². The fourth-order valence-electron chi connectivity index (χ4n) is 1.79. The summed E-state index contributed by atoms with van der Waals surface area (Å²) in [7, 11) is 0. The highest BCUT2D eigenvalue weighted by Gasteiger charge is 1.98. The summed E-state index contributed by atoms with van der Waals surface area (Å²) in [5, 5.41) is 6.16. The van der Waals surface area contributed by atoms with Crippen molar-refractivity contribution >= 4 is 23.5 Å². The zero-order valence-corrected chi connectivity index (χ0v) is 12.4. The number of nitrogens with zero attached hydrogens (tertiary/aromatic N) is 2. The number of aryl methyl sites for hydroxylation is 2. The highest BCUT2D eigenvalue weighted by molar-refractivity contribution is 7.09. The van der Waals surface area contributed by atoms with Crippen molar-refractivity contribution in [3.8, 4) is 0 Å². The van der Waals surface area contributed by atoms with Crippen LogP contribution in [0.3, 0.4) is 0 Å². The van der Waals surface area contributed by atoms with Crippen molar-refractivity contribution in [2.24, 2.45) is 15.8 Å². The van der Waals surface area contributed by atoms with Crippen LogP contribution < -0.4 is 11.2 Å². The van der Waals surface area contributed by atoms with Crippen LogP contribution in [-0.2, 0) is 6.54 Å². The van der Waals surface area contributed by atoms with E-state index in [1.54, 1.807) is 17.6 Å². The molecule has 0 spiro atoms. The first-order chi connectivity index (χ1) is 9.66. The maximum atomic E-state index is 5.76. The van der Waals surface area contributed by atoms with E-state index in [0.29, 0.717) is 12.5 Å². The van der Waals surface area contributed by atoms with Crippen LogP contribution in [-0.4, -0.2) is 12.2 Å². The first-order valence-corrected chi connectivity index (χ1v) is 7.22. The van der Waals surface area contributed by atoms with Gasteiger partial charge in [0.2, 0.25) is 5.96 Å². The van der Waals surface area contributed by atoms with Crippen molar-refractivity contribution in [2.75, 3.05) is 0 Å². The van der Waals surface area contributed by atoms with Crippen molar-refractivity contribution in [1.29, 1.82) is 0 Å². The number of thiophene rings is 1. The van der Waals surface area contributed by atoms with Crippen molar-refractivity contribution in [3.05, 3.63) is 57.3 Å². The van der Waals surface area contributed by atoms with E-state index in [2.05, 4.69) is 41.5 Å². The molecule has 0 bridgehead atoms. The number of nitrogens with one attached hydrogen (secondary N) is 1. The molecule has 0 saturated heterocycles. The number of hydrogen-bond donors (Lipinski definition) is 2. The minimum atomic E-state index is 0.320. The van der Waals surface area contributed by atoms with Gasteiger partial charge < -0.3 is 5.73 Å². The Hall–Kier alpha value is -2.14. The molecule has 0 atom stereocenters. The first-order valence-electron chi connectivity index (χ1n) is 6.34. The third-order valence-electron chi connectivity index (χ3n) is 2.90. The number of nitrogens with two attached hydrogens (primary N) is 1. The van der Waals surface area contributed by atoms with Gasteiger partial charge in [0, 0.05) is 10.4 Å². The third kappa shape index (κ3) is 3.93. The largest absolute Gasteiger partial charge is 0.369 e. The average molecular weight is 286 g/mol. The Morgan fingerprint density at radius 2 is 2.00 bits per heavy atom. The molecule has 0 aliphatic heterocycles. The van der Waals surface area contributed by atoms with E-state index in [1.807, 2.05) is 23.6 Å². The minimum absolute atomic E-state index is 0.320. The smallest absolute Gasteiger partial charge is 0.209 e. The molecule has 1 aromatic carbocycles. The van der Waals surface area contributed by atoms with Crippen LogP contribution in [0.25, 0.3) is 0 Å². The molecule has 20 heavy (non-hydrogen) atoms. The van der Waals surface area contributed by atoms with Gasteiger partial charge in [-0.1, -0.05) is 24.3 Å². The molecule has 0 unspecified atom stereocenters. The van der Waals surface area contributed by atoms with Crippen LogP contribution in [0.15, 0.2) is 45.8 Å². The van der Waals surface area contributed by atoms with Crippen LogP contribution in [0.5, 0.6) is 0 Å². The van der Waals surface area contributed by atoms with Gasteiger partial charge in [0.25, 0.3) is 0 Å². The van der Waals surface area contributed by atoms with Gasteiger partial charge in [-0.2, -0.15) is 5.10 Å². The molecule has 0 aliphatic rings. The molecule has 2 aromatic rings. The summed E-state index contributed by atoms with van der Waals surface area (Å²) >= 11 is 1.66. The molecule has 0 radical (unpaired) electrons. The molecule has 0 aliphatic carbocycles. The number of hydrazone groups is 1. The van der Waals surface area contributed by atoms with Crippen LogP contribution in [0.1, 0.15) is 21.6 Å². The Bertz CT molecular complexity index is 595. The molecule has 1 aromatic heterocycles. The number of guanidine groups is 1. The quantitative estimate of drug-likeness (QED) is 0.516. The lowest BCUT2D eigenvalue weighted by Crippen LogP contribution is -2.27. The van der Waals surface area contributed by atoms with Crippen molar-refractivity contribution < 1.29 is 0 Å². The summed E-state index contributed by atoms with van der Waals surface area (Å²) in [5.74, 6) is 0.320. The van der Waals surface area contributed by atoms with Crippen LogP contribution in [0, 0.1) is 13.8 Å². The Balaban J connectivity index is 1.94. The zero-order valence-electron chi connectivity index (χ0n) is 11.6. The van der Waals surface area contributed by atoms with Crippen molar-refractivity contribution in [2.45, 2.75) is 20.4 Å². The summed E-state index contributed by atoms with van der Waals surface area (Å²) in [6.45, 7) is 4.70. The van der Waals surface area contributed by atoms with E-state index in [0.717, 1.165) is 5.56 Å². The van der Waals surface area contributed by atoms with Crippen LogP contribution in [0.2, 0.25) is 0 Å². The average Bonchev–Trinajstić information content (AvgIpc) is 2.93. The van der Waals surface area contributed by atoms with E-state index in [4.69, 9.17) is 5.73 Å². The summed E-state index contributed by atoms with van der Waals surface area (Å²) in [6, 6.07) is 10.2. The van der Waals surface area contributed by atoms with Gasteiger partial charge in [-0.3, -0.25) is 0 Å². The monoisotopic (exact) mass is 286 g/mol. The molecule has 4 nitrogen and oxygen atoms in total. The molecule has 3 N–H and O–H groups in total. The van der Waals surface area contributed by atoms with Crippen molar-refractivity contribution in [3.63, 3.8) is 0 Å². The van der Waals surface area contributed by atoms with E-state index >= 15 is 0 Å². The zero-order chi connectivity index (χ0) is 14.4. The molecule has 5 heteroatoms. The number of rotatable bonds is 4. The summed E-state index contributed by atoms with van der Waals surface area (Å²) < 4.78 is 0. The molecule has 104 valence electrons. The summed E-state index contributed by atoms with van der Waals surface area (Å²) in [6.07, 6.45) is 1.78. The van der Waals surface area contributed by atoms with Gasteiger partial charge in [-0.05, 0) is 36.4 Å². The Morgan fingerprint density at radius 1 is 1.25 bits per heavy atom. The van der Waals surface area contributed by atoms with Crippen molar-refractivity contribution in [1.82, 2.24) is 5.43 Å². The number of hydrogen-bond acceptors (Lipinski definition) is 3. The predicted molar refractivity (Wildman–Crippen MR) is 86.3 cm³/mol. The Kier molecular flexibility index (Phi) is 4.90. The molecule has 0 fully saturated rings. The highest BCUT2D eigenvalue weighted by Crippen LogP contribution is 2.10. The molecule has 2 rings (SSSR count). The lowest BCUT2D eigenvalue weighted by molar-refractivity contribution is 0.970. The number of benzene rings is 1. The number of aliphatic imine (C=N–C) groups is 1. The molecular formula is C15H18N4S. The summed E-state index contributed by atoms with van der Waals surface area (Å²) in [5.41, 5.74) is 12.0. The molecule has 0 saturated carbocycles. The highest BCUT2D eigenvalue weighted by atomic mass is 32.1. The molecule has 0 amide bonds. The van der Waals surface area contributed by atoms with Gasteiger partial charge in [0.15, 0.2) is 0 Å². The maximum Gasteiger partial charge on any atom is 0.209 e. The molecular weight excluding hydrogens is 268 g/mol. The fraction of sp³-hybridized carbons (Fsp3) is 0.200. The fourth-order valence-corrected chi connectivity index (χ4v) is 2.42. The van der Waals surface area contributed by atoms with Gasteiger partial charge in [-0.15, -0.1) is 11.3 Å². The van der Waals surface area contributed by atoms with Crippen LogP contribution >= 0.6 is 11.3 Å². The van der Waals surface area contributed by atoms with Gasteiger partial charge in [-0.25, -0.2) is 10.4 Å². The lowest BCUT2D eigenvalue weighted by atomic mass is 10.0. The predicted octanol–water partition coefficient (Wildman–Crippen LogP) is 2.80. The van der Waals surface area contributed by atoms with Gasteiger partial charge >= 0.3 is 0 Å². The topological polar surface area (TPSA) is 62.8 Å². The Morgan fingerprint density at radius 3 is 2.65 bits per heavy atom. The SMILES string of the molecule is Cc1cccc(C)c1C=NNC(N)=NCc1cccs1. The third-order valence-corrected chi connectivity index (χ3v) is 3.76.